The Kier molecular flexibility index (Phi) is 12.3. The van der Waals surface area contributed by atoms with Gasteiger partial charge >= 0.3 is 6.61 Å². The fourth-order valence-corrected chi connectivity index (χ4v) is 3.61. The number of methoxy groups -OCH3 is 1. The molecule has 2 rings (SSSR count). The van der Waals surface area contributed by atoms with E-state index in [-0.39, 0.29) is 36.3 Å². The van der Waals surface area contributed by atoms with Gasteiger partial charge in [0.25, 0.3) is 0 Å². The van der Waals surface area contributed by atoms with E-state index in [4.69, 9.17) is 9.73 Å². The number of aliphatic imine (C=N–C) groups is 1. The summed E-state index contributed by atoms with van der Waals surface area (Å²) in [5.74, 6) is 1.99. The third-order valence-corrected chi connectivity index (χ3v) is 5.22. The number of alkyl halides is 2. The molecular weight excluding hydrogens is 505 g/mol. The summed E-state index contributed by atoms with van der Waals surface area (Å²) in [6, 6.07) is 4.92. The number of nitrogens with zero attached hydrogens (tertiary/aromatic N) is 3. The summed E-state index contributed by atoms with van der Waals surface area (Å²) in [5.41, 5.74) is 0.598. The molecule has 0 aliphatic carbocycles. The largest absolute Gasteiger partial charge is 0.497 e. The van der Waals surface area contributed by atoms with Crippen LogP contribution in [0.25, 0.3) is 0 Å². The van der Waals surface area contributed by atoms with Crippen LogP contribution >= 0.6 is 24.0 Å². The standard InChI is InChI=1S/C21H34F2N4O2.HI/c1-5-24-21(27-11-10-16(15-27)14-26(6-2)7-3)25-13-17-8-9-18(28-4)12-19(17)29-20(22)23;/h8-9,12,16,20H,5-7,10-11,13-15H2,1-4H3,(H,24,25);1H. The zero-order valence-corrected chi connectivity index (χ0v) is 20.7. The SMILES string of the molecule is CCNC(=NCc1ccc(OC)cc1OC(F)F)N1CCC(CN(CC)CC)C1.I. The van der Waals surface area contributed by atoms with Gasteiger partial charge in [0.05, 0.1) is 13.7 Å². The average molecular weight is 540 g/mol. The molecule has 30 heavy (non-hydrogen) atoms. The third-order valence-electron chi connectivity index (χ3n) is 5.22. The maximum absolute atomic E-state index is 12.8. The molecule has 0 radical (unpaired) electrons. The molecule has 1 aromatic rings. The number of benzene rings is 1. The molecule has 1 aromatic carbocycles. The van der Waals surface area contributed by atoms with Crippen LogP contribution < -0.4 is 14.8 Å². The number of likely N-dealkylation sites (tertiary alicyclic amines) is 1. The summed E-state index contributed by atoms with van der Waals surface area (Å²) in [6.45, 7) is 9.63. The molecule has 0 saturated carbocycles. The van der Waals surface area contributed by atoms with Crippen LogP contribution in [-0.4, -0.2) is 68.7 Å². The van der Waals surface area contributed by atoms with Gasteiger partial charge in [-0.2, -0.15) is 8.78 Å². The van der Waals surface area contributed by atoms with E-state index in [1.165, 1.54) is 13.2 Å². The Morgan fingerprint density at radius 1 is 1.30 bits per heavy atom. The molecule has 9 heteroatoms. The first kappa shape index (κ1) is 26.7. The van der Waals surface area contributed by atoms with Gasteiger partial charge in [-0.25, -0.2) is 4.99 Å². The maximum Gasteiger partial charge on any atom is 0.387 e. The van der Waals surface area contributed by atoms with Gasteiger partial charge in [0.2, 0.25) is 0 Å². The first-order valence-corrected chi connectivity index (χ1v) is 10.4. The molecule has 1 saturated heterocycles. The van der Waals surface area contributed by atoms with Crippen molar-refractivity contribution in [2.45, 2.75) is 40.3 Å². The smallest absolute Gasteiger partial charge is 0.387 e. The Balaban J connectivity index is 0.00000450. The van der Waals surface area contributed by atoms with E-state index in [1.807, 2.05) is 6.92 Å². The third kappa shape index (κ3) is 8.05. The Bertz CT molecular complexity index is 660. The molecule has 1 heterocycles. The molecule has 0 bridgehead atoms. The second-order valence-corrected chi connectivity index (χ2v) is 7.11. The highest BCUT2D eigenvalue weighted by atomic mass is 127. The minimum Gasteiger partial charge on any atom is -0.497 e. The molecule has 1 aliphatic rings. The monoisotopic (exact) mass is 540 g/mol. The molecule has 1 fully saturated rings. The molecular formula is C21H35F2IN4O2. The number of nitrogens with one attached hydrogen (secondary N) is 1. The van der Waals surface area contributed by atoms with Crippen LogP contribution in [0.3, 0.4) is 0 Å². The van der Waals surface area contributed by atoms with Crippen LogP contribution in [-0.2, 0) is 6.54 Å². The van der Waals surface area contributed by atoms with Crippen LogP contribution in [0.2, 0.25) is 0 Å². The predicted molar refractivity (Wildman–Crippen MR) is 127 cm³/mol. The highest BCUT2D eigenvalue weighted by Gasteiger charge is 2.26. The normalized spacial score (nSPS) is 16.7. The van der Waals surface area contributed by atoms with Crippen molar-refractivity contribution < 1.29 is 18.3 Å². The van der Waals surface area contributed by atoms with Gasteiger partial charge in [-0.05, 0) is 44.5 Å². The number of halogens is 3. The molecule has 1 aliphatic heterocycles. The fourth-order valence-electron chi connectivity index (χ4n) is 3.61. The van der Waals surface area contributed by atoms with Crippen molar-refractivity contribution >= 4 is 29.9 Å². The zero-order chi connectivity index (χ0) is 21.2. The van der Waals surface area contributed by atoms with Crippen molar-refractivity contribution in [1.29, 1.82) is 0 Å². The highest BCUT2D eigenvalue weighted by Crippen LogP contribution is 2.27. The average Bonchev–Trinajstić information content (AvgIpc) is 3.17. The van der Waals surface area contributed by atoms with Crippen LogP contribution in [0.5, 0.6) is 11.5 Å². The highest BCUT2D eigenvalue weighted by molar-refractivity contribution is 14.0. The lowest BCUT2D eigenvalue weighted by Crippen LogP contribution is -2.40. The van der Waals surface area contributed by atoms with Gasteiger partial charge in [0.15, 0.2) is 5.96 Å². The Morgan fingerprint density at radius 2 is 2.03 bits per heavy atom. The summed E-state index contributed by atoms with van der Waals surface area (Å²) in [7, 11) is 1.49. The van der Waals surface area contributed by atoms with Crippen LogP contribution in [0.15, 0.2) is 23.2 Å². The van der Waals surface area contributed by atoms with E-state index in [0.29, 0.717) is 17.2 Å². The van der Waals surface area contributed by atoms with Gasteiger partial charge in [0, 0.05) is 37.8 Å². The summed E-state index contributed by atoms with van der Waals surface area (Å²) in [4.78, 5) is 9.40. The van der Waals surface area contributed by atoms with Crippen molar-refractivity contribution in [2.24, 2.45) is 10.9 Å². The topological polar surface area (TPSA) is 49.3 Å². The lowest BCUT2D eigenvalue weighted by molar-refractivity contribution is -0.0505. The number of rotatable bonds is 10. The molecule has 172 valence electrons. The van der Waals surface area contributed by atoms with Crippen LogP contribution in [0, 0.1) is 5.92 Å². The summed E-state index contributed by atoms with van der Waals surface area (Å²) < 4.78 is 35.3. The minimum absolute atomic E-state index is 0. The number of hydrogen-bond donors (Lipinski definition) is 1. The van der Waals surface area contributed by atoms with E-state index in [1.54, 1.807) is 12.1 Å². The van der Waals surface area contributed by atoms with Gasteiger partial charge in [-0.15, -0.1) is 24.0 Å². The fraction of sp³-hybridized carbons (Fsp3) is 0.667. The van der Waals surface area contributed by atoms with E-state index in [9.17, 15) is 8.78 Å². The summed E-state index contributed by atoms with van der Waals surface area (Å²) in [5, 5.41) is 3.33. The molecule has 1 N–H and O–H groups in total. The van der Waals surface area contributed by atoms with E-state index in [0.717, 1.165) is 51.6 Å². The molecule has 0 amide bonds. The van der Waals surface area contributed by atoms with E-state index < -0.39 is 6.61 Å². The van der Waals surface area contributed by atoms with Crippen molar-refractivity contribution in [3.63, 3.8) is 0 Å². The predicted octanol–water partition coefficient (Wildman–Crippen LogP) is 4.04. The van der Waals surface area contributed by atoms with Crippen molar-refractivity contribution in [1.82, 2.24) is 15.1 Å². The van der Waals surface area contributed by atoms with Crippen molar-refractivity contribution in [2.75, 3.05) is 46.4 Å². The number of ether oxygens (including phenoxy) is 2. The molecule has 0 aromatic heterocycles. The Labute approximate surface area is 196 Å². The maximum atomic E-state index is 12.8. The Hall–Kier alpha value is -1.36. The van der Waals surface area contributed by atoms with Gasteiger partial charge in [-0.3, -0.25) is 0 Å². The second kappa shape index (κ2) is 13.8. The summed E-state index contributed by atoms with van der Waals surface area (Å²) in [6.07, 6.45) is 1.13. The van der Waals surface area contributed by atoms with E-state index in [2.05, 4.69) is 33.7 Å². The Morgan fingerprint density at radius 3 is 2.63 bits per heavy atom. The van der Waals surface area contributed by atoms with E-state index >= 15 is 0 Å². The van der Waals surface area contributed by atoms with Gasteiger partial charge in [0.1, 0.15) is 11.5 Å². The summed E-state index contributed by atoms with van der Waals surface area (Å²) >= 11 is 0. The minimum atomic E-state index is -2.89. The molecule has 1 atom stereocenters. The van der Waals surface area contributed by atoms with Gasteiger partial charge in [-0.1, -0.05) is 13.8 Å². The molecule has 0 spiro atoms. The van der Waals surface area contributed by atoms with Crippen molar-refractivity contribution in [3.8, 4) is 11.5 Å². The zero-order valence-electron chi connectivity index (χ0n) is 18.4. The lowest BCUT2D eigenvalue weighted by Gasteiger charge is -2.24. The van der Waals surface area contributed by atoms with Crippen LogP contribution in [0.1, 0.15) is 32.8 Å². The first-order valence-electron chi connectivity index (χ1n) is 10.4. The van der Waals surface area contributed by atoms with Gasteiger partial charge < -0.3 is 24.6 Å². The number of hydrogen-bond acceptors (Lipinski definition) is 4. The molecule has 6 nitrogen and oxygen atoms in total. The van der Waals surface area contributed by atoms with Crippen molar-refractivity contribution in [3.05, 3.63) is 23.8 Å². The number of guanidine groups is 1. The second-order valence-electron chi connectivity index (χ2n) is 7.11. The molecule has 1 unspecified atom stereocenters. The van der Waals surface area contributed by atoms with Crippen LogP contribution in [0.4, 0.5) is 8.78 Å². The first-order chi connectivity index (χ1) is 14.0. The quantitative estimate of drug-likeness (QED) is 0.276. The lowest BCUT2D eigenvalue weighted by atomic mass is 10.1.